The zero-order chi connectivity index (χ0) is 14.7. The molecule has 0 radical (unpaired) electrons. The lowest BCUT2D eigenvalue weighted by Crippen LogP contribution is -2.45. The van der Waals surface area contributed by atoms with Gasteiger partial charge >= 0.3 is 6.09 Å². The lowest BCUT2D eigenvalue weighted by molar-refractivity contribution is 0.0517. The van der Waals surface area contributed by atoms with Crippen LogP contribution in [0, 0.1) is 6.92 Å². The van der Waals surface area contributed by atoms with Crippen LogP contribution in [-0.4, -0.2) is 29.8 Å². The monoisotopic (exact) mass is 285 g/mol. The summed E-state index contributed by atoms with van der Waals surface area (Å²) in [6, 6.07) is 0. The molecule has 1 atom stereocenters. The Balaban J connectivity index is 2.68. The van der Waals surface area contributed by atoms with Gasteiger partial charge in [0.2, 0.25) is 0 Å². The van der Waals surface area contributed by atoms with E-state index in [1.54, 1.807) is 16.8 Å². The average Bonchev–Trinajstić information content (AvgIpc) is 2.71. The zero-order valence-electron chi connectivity index (χ0n) is 12.2. The number of carbonyl (C=O) groups is 1. The standard InChI is InChI=1S/C13H23N3O2S/c1-9-10(19-8-16-9)13(5,6-14)7-15-11(17)18-12(2,3)4/h8H,6-7,14H2,1-5H3,(H,15,17). The van der Waals surface area contributed by atoms with Crippen molar-refractivity contribution in [1.82, 2.24) is 10.3 Å². The van der Waals surface area contributed by atoms with Gasteiger partial charge in [0.1, 0.15) is 5.60 Å². The quantitative estimate of drug-likeness (QED) is 0.889. The van der Waals surface area contributed by atoms with Crippen LogP contribution in [0.4, 0.5) is 4.79 Å². The number of nitrogens with zero attached hydrogens (tertiary/aromatic N) is 1. The molecule has 1 rings (SSSR count). The molecule has 3 N–H and O–H groups in total. The molecule has 0 aromatic carbocycles. The number of amides is 1. The number of aromatic nitrogens is 1. The van der Waals surface area contributed by atoms with Gasteiger partial charge in [-0.15, -0.1) is 11.3 Å². The van der Waals surface area contributed by atoms with Crippen LogP contribution in [0.1, 0.15) is 38.3 Å². The molecule has 0 bridgehead atoms. The first kappa shape index (κ1) is 15.9. The maximum Gasteiger partial charge on any atom is 0.407 e. The molecule has 6 heteroatoms. The number of carbonyl (C=O) groups excluding carboxylic acids is 1. The third kappa shape index (κ3) is 4.47. The van der Waals surface area contributed by atoms with E-state index in [0.717, 1.165) is 10.6 Å². The van der Waals surface area contributed by atoms with Crippen molar-refractivity contribution in [2.24, 2.45) is 5.73 Å². The van der Waals surface area contributed by atoms with Crippen LogP contribution in [0.2, 0.25) is 0 Å². The molecule has 5 nitrogen and oxygen atoms in total. The Kier molecular flexibility index (Phi) is 4.92. The normalized spacial score (nSPS) is 14.8. The van der Waals surface area contributed by atoms with E-state index in [0.29, 0.717) is 13.1 Å². The molecule has 0 saturated carbocycles. The van der Waals surface area contributed by atoms with E-state index in [1.807, 2.05) is 34.6 Å². The molecule has 1 aromatic rings. The van der Waals surface area contributed by atoms with Gasteiger partial charge in [0.05, 0.1) is 11.2 Å². The number of alkyl carbamates (subject to hydrolysis) is 1. The first-order chi connectivity index (χ1) is 8.68. The molecule has 108 valence electrons. The van der Waals surface area contributed by atoms with E-state index in [4.69, 9.17) is 10.5 Å². The molecule has 0 fully saturated rings. The highest BCUT2D eigenvalue weighted by Gasteiger charge is 2.30. The minimum Gasteiger partial charge on any atom is -0.444 e. The lowest BCUT2D eigenvalue weighted by atomic mass is 9.88. The molecular formula is C13H23N3O2S. The molecule has 0 aliphatic heterocycles. The summed E-state index contributed by atoms with van der Waals surface area (Å²) in [5.74, 6) is 0. The minimum absolute atomic E-state index is 0.317. The summed E-state index contributed by atoms with van der Waals surface area (Å²) in [4.78, 5) is 17.0. The molecule has 1 unspecified atom stereocenters. The molecule has 1 heterocycles. The Morgan fingerprint density at radius 1 is 1.47 bits per heavy atom. The number of hydrogen-bond donors (Lipinski definition) is 2. The predicted molar refractivity (Wildman–Crippen MR) is 77.5 cm³/mol. The summed E-state index contributed by atoms with van der Waals surface area (Å²) in [7, 11) is 0. The number of ether oxygens (including phenoxy) is 1. The minimum atomic E-state index is -0.496. The number of hydrogen-bond acceptors (Lipinski definition) is 5. The van der Waals surface area contributed by atoms with Crippen molar-refractivity contribution in [3.05, 3.63) is 16.1 Å². The summed E-state index contributed by atoms with van der Waals surface area (Å²) in [5, 5.41) is 2.78. The summed E-state index contributed by atoms with van der Waals surface area (Å²) >= 11 is 1.56. The second-order valence-electron chi connectivity index (χ2n) is 5.89. The summed E-state index contributed by atoms with van der Waals surface area (Å²) < 4.78 is 5.22. The van der Waals surface area contributed by atoms with Gasteiger partial charge in [0.25, 0.3) is 0 Å². The van der Waals surface area contributed by atoms with E-state index >= 15 is 0 Å². The number of aryl methyl sites for hydroxylation is 1. The first-order valence-corrected chi connectivity index (χ1v) is 7.13. The Morgan fingerprint density at radius 2 is 2.11 bits per heavy atom. The molecule has 0 aliphatic rings. The van der Waals surface area contributed by atoms with Crippen LogP contribution >= 0.6 is 11.3 Å². The van der Waals surface area contributed by atoms with Gasteiger partial charge in [0, 0.05) is 23.4 Å². The smallest absolute Gasteiger partial charge is 0.407 e. The van der Waals surface area contributed by atoms with Gasteiger partial charge in [-0.2, -0.15) is 0 Å². The summed E-state index contributed by atoms with van der Waals surface area (Å²) in [5.41, 5.74) is 7.81. The third-order valence-electron chi connectivity index (χ3n) is 2.77. The molecule has 19 heavy (non-hydrogen) atoms. The Hall–Kier alpha value is -1.14. The number of thiazole rings is 1. The van der Waals surface area contributed by atoms with Gasteiger partial charge in [-0.05, 0) is 27.7 Å². The van der Waals surface area contributed by atoms with E-state index in [2.05, 4.69) is 10.3 Å². The fourth-order valence-corrected chi connectivity index (χ4v) is 2.69. The van der Waals surface area contributed by atoms with Crippen LogP contribution in [0.15, 0.2) is 5.51 Å². The van der Waals surface area contributed by atoms with Gasteiger partial charge in [-0.3, -0.25) is 0 Å². The van der Waals surface area contributed by atoms with Crippen molar-refractivity contribution in [3.63, 3.8) is 0 Å². The highest BCUT2D eigenvalue weighted by Crippen LogP contribution is 2.28. The molecular weight excluding hydrogens is 262 g/mol. The second kappa shape index (κ2) is 5.88. The Labute approximate surface area is 118 Å². The van der Waals surface area contributed by atoms with Crippen LogP contribution in [0.25, 0.3) is 0 Å². The topological polar surface area (TPSA) is 77.2 Å². The second-order valence-corrected chi connectivity index (χ2v) is 6.74. The van der Waals surface area contributed by atoms with Crippen LogP contribution in [-0.2, 0) is 10.2 Å². The van der Waals surface area contributed by atoms with Crippen LogP contribution < -0.4 is 11.1 Å². The average molecular weight is 285 g/mol. The van der Waals surface area contributed by atoms with Crippen molar-refractivity contribution in [1.29, 1.82) is 0 Å². The largest absolute Gasteiger partial charge is 0.444 e. The fourth-order valence-electron chi connectivity index (χ4n) is 1.71. The van der Waals surface area contributed by atoms with E-state index in [9.17, 15) is 4.79 Å². The summed E-state index contributed by atoms with van der Waals surface area (Å²) in [6.07, 6.45) is -0.422. The fraction of sp³-hybridized carbons (Fsp3) is 0.692. The van der Waals surface area contributed by atoms with Crippen molar-refractivity contribution in [3.8, 4) is 0 Å². The number of rotatable bonds is 4. The number of nitrogens with one attached hydrogen (secondary N) is 1. The van der Waals surface area contributed by atoms with Gasteiger partial charge in [-0.25, -0.2) is 9.78 Å². The Bertz CT molecular complexity index is 439. The summed E-state index contributed by atoms with van der Waals surface area (Å²) in [6.45, 7) is 10.3. The van der Waals surface area contributed by atoms with Crippen molar-refractivity contribution in [2.45, 2.75) is 45.6 Å². The van der Waals surface area contributed by atoms with E-state index in [-0.39, 0.29) is 5.41 Å². The highest BCUT2D eigenvalue weighted by molar-refractivity contribution is 7.09. The first-order valence-electron chi connectivity index (χ1n) is 6.25. The van der Waals surface area contributed by atoms with E-state index < -0.39 is 11.7 Å². The Morgan fingerprint density at radius 3 is 2.53 bits per heavy atom. The van der Waals surface area contributed by atoms with Crippen molar-refractivity contribution >= 4 is 17.4 Å². The van der Waals surface area contributed by atoms with Gasteiger partial charge < -0.3 is 15.8 Å². The van der Waals surface area contributed by atoms with Gasteiger partial charge in [0.15, 0.2) is 0 Å². The van der Waals surface area contributed by atoms with E-state index in [1.165, 1.54) is 0 Å². The van der Waals surface area contributed by atoms with Gasteiger partial charge in [-0.1, -0.05) is 6.92 Å². The van der Waals surface area contributed by atoms with Crippen molar-refractivity contribution in [2.75, 3.05) is 13.1 Å². The lowest BCUT2D eigenvalue weighted by Gasteiger charge is -2.28. The molecule has 0 saturated heterocycles. The van der Waals surface area contributed by atoms with Crippen LogP contribution in [0.3, 0.4) is 0 Å². The third-order valence-corrected chi connectivity index (χ3v) is 4.00. The van der Waals surface area contributed by atoms with Crippen molar-refractivity contribution < 1.29 is 9.53 Å². The highest BCUT2D eigenvalue weighted by atomic mass is 32.1. The number of nitrogens with two attached hydrogens (primary N) is 1. The zero-order valence-corrected chi connectivity index (χ0v) is 13.1. The molecule has 1 amide bonds. The maximum absolute atomic E-state index is 11.7. The SMILES string of the molecule is Cc1ncsc1C(C)(CN)CNC(=O)OC(C)(C)C. The molecule has 1 aromatic heterocycles. The molecule has 0 spiro atoms. The predicted octanol–water partition coefficient (Wildman–Crippen LogP) is 2.19. The molecule has 0 aliphatic carbocycles. The van der Waals surface area contributed by atoms with Crippen LogP contribution in [0.5, 0.6) is 0 Å². The maximum atomic E-state index is 11.7.